The van der Waals surface area contributed by atoms with Gasteiger partial charge in [0.15, 0.2) is 5.72 Å². The highest BCUT2D eigenvalue weighted by Gasteiger charge is 2.48. The molecule has 0 spiro atoms. The van der Waals surface area contributed by atoms with Gasteiger partial charge in [-0.05, 0) is 32.3 Å². The lowest BCUT2D eigenvalue weighted by molar-refractivity contribution is -0.145. The largest absolute Gasteiger partial charge is 0.367 e. The molecule has 1 aromatic carbocycles. The summed E-state index contributed by atoms with van der Waals surface area (Å²) in [6.07, 6.45) is 5.52. The van der Waals surface area contributed by atoms with Crippen LogP contribution in [0.25, 0.3) is 5.57 Å². The highest BCUT2D eigenvalue weighted by Crippen LogP contribution is 2.43. The zero-order valence-corrected chi connectivity index (χ0v) is 12.8. The second kappa shape index (κ2) is 5.30. The van der Waals surface area contributed by atoms with E-state index in [1.807, 2.05) is 37.3 Å². The Morgan fingerprint density at radius 1 is 1.14 bits per heavy atom. The number of amides is 1. The predicted molar refractivity (Wildman–Crippen MR) is 83.4 cm³/mol. The van der Waals surface area contributed by atoms with E-state index in [9.17, 15) is 9.90 Å². The first kappa shape index (κ1) is 14.3. The first-order valence-corrected chi connectivity index (χ1v) is 7.86. The standard InChI is InChI=1S/C18H23NO2/c1-13-16(14-9-5-3-6-10-14)18(2,21)19(17(13)20)15-11-7-4-8-12-15/h3,5-6,9-10,15,21H,4,7-8,11-12H2,1-2H3. The van der Waals surface area contributed by atoms with Gasteiger partial charge in [0.05, 0.1) is 0 Å². The molecule has 1 atom stereocenters. The lowest BCUT2D eigenvalue weighted by atomic mass is 9.91. The number of nitrogens with zero attached hydrogens (tertiary/aromatic N) is 1. The van der Waals surface area contributed by atoms with E-state index >= 15 is 0 Å². The van der Waals surface area contributed by atoms with Crippen LogP contribution in [0.1, 0.15) is 51.5 Å². The molecule has 3 nitrogen and oxygen atoms in total. The molecule has 1 aromatic rings. The van der Waals surface area contributed by atoms with Gasteiger partial charge in [-0.15, -0.1) is 0 Å². The Kier molecular flexibility index (Phi) is 3.62. The first-order chi connectivity index (χ1) is 10.0. The van der Waals surface area contributed by atoms with Crippen molar-refractivity contribution < 1.29 is 9.90 Å². The fourth-order valence-corrected chi connectivity index (χ4v) is 3.92. The van der Waals surface area contributed by atoms with Crippen LogP contribution < -0.4 is 0 Å². The summed E-state index contributed by atoms with van der Waals surface area (Å²) < 4.78 is 0. The molecular weight excluding hydrogens is 262 g/mol. The summed E-state index contributed by atoms with van der Waals surface area (Å²) in [6, 6.07) is 9.93. The van der Waals surface area contributed by atoms with E-state index in [2.05, 4.69) is 0 Å². The SMILES string of the molecule is CC1=C(c2ccccc2)C(C)(O)N(C2CCCCC2)C1=O. The molecule has 0 saturated heterocycles. The van der Waals surface area contributed by atoms with E-state index in [-0.39, 0.29) is 11.9 Å². The van der Waals surface area contributed by atoms with Crippen LogP contribution in [0, 0.1) is 0 Å². The van der Waals surface area contributed by atoms with Gasteiger partial charge in [0, 0.05) is 17.2 Å². The third kappa shape index (κ3) is 2.30. The molecule has 21 heavy (non-hydrogen) atoms. The number of benzene rings is 1. The molecule has 3 rings (SSSR count). The summed E-state index contributed by atoms with van der Waals surface area (Å²) in [5.41, 5.74) is 1.17. The lowest BCUT2D eigenvalue weighted by Gasteiger charge is -2.40. The minimum absolute atomic E-state index is 0.00856. The molecule has 112 valence electrons. The summed E-state index contributed by atoms with van der Waals surface area (Å²) in [4.78, 5) is 14.4. The molecule has 1 amide bonds. The van der Waals surface area contributed by atoms with Crippen molar-refractivity contribution in [2.24, 2.45) is 0 Å². The molecule has 0 bridgehead atoms. The minimum atomic E-state index is -1.20. The van der Waals surface area contributed by atoms with Crippen LogP contribution in [0.4, 0.5) is 0 Å². The van der Waals surface area contributed by atoms with Crippen LogP contribution in [0.2, 0.25) is 0 Å². The average Bonchev–Trinajstić information content (AvgIpc) is 2.66. The van der Waals surface area contributed by atoms with E-state index in [1.54, 1.807) is 11.8 Å². The molecule has 1 N–H and O–H groups in total. The monoisotopic (exact) mass is 285 g/mol. The van der Waals surface area contributed by atoms with Crippen molar-refractivity contribution in [2.45, 2.75) is 57.7 Å². The zero-order valence-electron chi connectivity index (χ0n) is 12.8. The third-order valence-electron chi connectivity index (χ3n) is 4.86. The van der Waals surface area contributed by atoms with Crippen molar-refractivity contribution in [3.63, 3.8) is 0 Å². The molecule has 1 heterocycles. The van der Waals surface area contributed by atoms with Gasteiger partial charge in [0.2, 0.25) is 0 Å². The smallest absolute Gasteiger partial charge is 0.252 e. The molecule has 2 aliphatic rings. The minimum Gasteiger partial charge on any atom is -0.367 e. The quantitative estimate of drug-likeness (QED) is 0.905. The fourth-order valence-electron chi connectivity index (χ4n) is 3.92. The summed E-state index contributed by atoms with van der Waals surface area (Å²) >= 11 is 0. The number of carbonyl (C=O) groups is 1. The van der Waals surface area contributed by atoms with Gasteiger partial charge in [-0.3, -0.25) is 4.79 Å². The summed E-state index contributed by atoms with van der Waals surface area (Å²) in [6.45, 7) is 3.60. The maximum atomic E-state index is 12.7. The molecule has 1 aliphatic carbocycles. The van der Waals surface area contributed by atoms with Crippen molar-refractivity contribution in [1.29, 1.82) is 0 Å². The molecule has 1 fully saturated rings. The average molecular weight is 285 g/mol. The maximum absolute atomic E-state index is 12.7. The molecule has 0 aromatic heterocycles. The van der Waals surface area contributed by atoms with Gasteiger partial charge in [0.25, 0.3) is 5.91 Å². The van der Waals surface area contributed by atoms with Crippen LogP contribution >= 0.6 is 0 Å². The number of hydrogen-bond donors (Lipinski definition) is 1. The van der Waals surface area contributed by atoms with Crippen LogP contribution in [-0.2, 0) is 4.79 Å². The zero-order chi connectivity index (χ0) is 15.0. The number of carbonyl (C=O) groups excluding carboxylic acids is 1. The third-order valence-corrected chi connectivity index (χ3v) is 4.86. The molecular formula is C18H23NO2. The van der Waals surface area contributed by atoms with Crippen molar-refractivity contribution in [1.82, 2.24) is 4.90 Å². The molecule has 1 aliphatic heterocycles. The second-order valence-electron chi connectivity index (χ2n) is 6.35. The predicted octanol–water partition coefficient (Wildman–Crippen LogP) is 3.34. The molecule has 3 heteroatoms. The first-order valence-electron chi connectivity index (χ1n) is 7.86. The van der Waals surface area contributed by atoms with E-state index < -0.39 is 5.72 Å². The van der Waals surface area contributed by atoms with Crippen molar-refractivity contribution in [3.8, 4) is 0 Å². The highest BCUT2D eigenvalue weighted by atomic mass is 16.3. The van der Waals surface area contributed by atoms with Crippen LogP contribution in [0.5, 0.6) is 0 Å². The topological polar surface area (TPSA) is 40.5 Å². The normalized spacial score (nSPS) is 27.6. The van der Waals surface area contributed by atoms with Crippen LogP contribution in [-0.4, -0.2) is 27.7 Å². The van der Waals surface area contributed by atoms with E-state index in [1.165, 1.54) is 6.42 Å². The van der Waals surface area contributed by atoms with Crippen LogP contribution in [0.15, 0.2) is 35.9 Å². The second-order valence-corrected chi connectivity index (χ2v) is 6.35. The highest BCUT2D eigenvalue weighted by molar-refractivity contribution is 6.07. The van der Waals surface area contributed by atoms with E-state index in [4.69, 9.17) is 0 Å². The number of rotatable bonds is 2. The fraction of sp³-hybridized carbons (Fsp3) is 0.500. The summed E-state index contributed by atoms with van der Waals surface area (Å²) in [7, 11) is 0. The lowest BCUT2D eigenvalue weighted by Crippen LogP contribution is -2.52. The van der Waals surface area contributed by atoms with Gasteiger partial charge in [-0.1, -0.05) is 49.6 Å². The Bertz CT molecular complexity index is 568. The van der Waals surface area contributed by atoms with Crippen molar-refractivity contribution >= 4 is 11.5 Å². The Hall–Kier alpha value is -1.61. The van der Waals surface area contributed by atoms with Crippen molar-refractivity contribution in [3.05, 3.63) is 41.5 Å². The Labute approximate surface area is 126 Å². The molecule has 1 saturated carbocycles. The summed E-state index contributed by atoms with van der Waals surface area (Å²) in [5, 5.41) is 11.1. The van der Waals surface area contributed by atoms with Gasteiger partial charge < -0.3 is 10.0 Å². The van der Waals surface area contributed by atoms with E-state index in [0.29, 0.717) is 5.57 Å². The maximum Gasteiger partial charge on any atom is 0.252 e. The van der Waals surface area contributed by atoms with Crippen molar-refractivity contribution in [2.75, 3.05) is 0 Å². The number of hydrogen-bond acceptors (Lipinski definition) is 2. The van der Waals surface area contributed by atoms with Gasteiger partial charge in [-0.2, -0.15) is 0 Å². The van der Waals surface area contributed by atoms with Gasteiger partial charge in [0.1, 0.15) is 0 Å². The summed E-state index contributed by atoms with van der Waals surface area (Å²) in [5.74, 6) is -0.00856. The Morgan fingerprint density at radius 3 is 2.38 bits per heavy atom. The van der Waals surface area contributed by atoms with Gasteiger partial charge >= 0.3 is 0 Å². The molecule has 1 unspecified atom stereocenters. The van der Waals surface area contributed by atoms with Crippen LogP contribution in [0.3, 0.4) is 0 Å². The molecule has 0 radical (unpaired) electrons. The number of aliphatic hydroxyl groups is 1. The Balaban J connectivity index is 2.00. The van der Waals surface area contributed by atoms with Gasteiger partial charge in [-0.25, -0.2) is 0 Å². The Morgan fingerprint density at radius 2 is 1.76 bits per heavy atom. The van der Waals surface area contributed by atoms with E-state index in [0.717, 1.165) is 36.8 Å².